The summed E-state index contributed by atoms with van der Waals surface area (Å²) in [4.78, 5) is 4.22. The van der Waals surface area contributed by atoms with Crippen molar-refractivity contribution in [3.05, 3.63) is 41.3 Å². The fraction of sp³-hybridized carbons (Fsp3) is 0.429. The van der Waals surface area contributed by atoms with Crippen LogP contribution in [0.3, 0.4) is 0 Å². The molecule has 2 N–H and O–H groups in total. The number of nitrogens with two attached hydrogens (primary N) is 1. The van der Waals surface area contributed by atoms with Crippen molar-refractivity contribution in [2.75, 3.05) is 0 Å². The summed E-state index contributed by atoms with van der Waals surface area (Å²) in [6.07, 6.45) is 2.19. The second kappa shape index (κ2) is 5.20. The van der Waals surface area contributed by atoms with Crippen molar-refractivity contribution < 1.29 is 13.7 Å². The Balaban J connectivity index is 1.65. The molecule has 20 heavy (non-hydrogen) atoms. The highest BCUT2D eigenvalue weighted by Gasteiger charge is 2.29. The number of hydrogen-bond donors (Lipinski definition) is 1. The lowest BCUT2D eigenvalue weighted by Crippen LogP contribution is -2.06. The quantitative estimate of drug-likeness (QED) is 0.909. The second-order valence-electron chi connectivity index (χ2n) is 5.09. The van der Waals surface area contributed by atoms with Crippen LogP contribution in [0.15, 0.2) is 22.7 Å². The fourth-order valence-electron chi connectivity index (χ4n) is 1.88. The molecule has 2 aromatic rings. The SMILES string of the molecule is C[C@H](N)c1ccc(OCc2noc(C3CC3)n2)c(F)c1. The van der Waals surface area contributed by atoms with Crippen LogP contribution >= 0.6 is 0 Å². The molecule has 1 aliphatic rings. The van der Waals surface area contributed by atoms with Crippen LogP contribution in [0.25, 0.3) is 0 Å². The maximum Gasteiger partial charge on any atom is 0.229 e. The highest BCUT2D eigenvalue weighted by molar-refractivity contribution is 5.30. The number of halogens is 1. The van der Waals surface area contributed by atoms with Gasteiger partial charge in [0.25, 0.3) is 0 Å². The molecule has 0 saturated heterocycles. The van der Waals surface area contributed by atoms with E-state index in [-0.39, 0.29) is 18.4 Å². The Hall–Kier alpha value is -1.95. The van der Waals surface area contributed by atoms with E-state index in [2.05, 4.69) is 10.1 Å². The lowest BCUT2D eigenvalue weighted by Gasteiger charge is -2.09. The summed E-state index contributed by atoms with van der Waals surface area (Å²) >= 11 is 0. The fourth-order valence-corrected chi connectivity index (χ4v) is 1.88. The van der Waals surface area contributed by atoms with Gasteiger partial charge in [-0.25, -0.2) is 4.39 Å². The average Bonchev–Trinajstić information content (AvgIpc) is 3.17. The molecule has 1 atom stereocenters. The van der Waals surface area contributed by atoms with E-state index in [1.54, 1.807) is 19.1 Å². The van der Waals surface area contributed by atoms with Crippen LogP contribution in [0, 0.1) is 5.82 Å². The first kappa shape index (κ1) is 13.1. The zero-order chi connectivity index (χ0) is 14.1. The molecule has 0 bridgehead atoms. The Morgan fingerprint density at radius 2 is 2.30 bits per heavy atom. The van der Waals surface area contributed by atoms with Gasteiger partial charge in [-0.1, -0.05) is 11.2 Å². The smallest absolute Gasteiger partial charge is 0.229 e. The summed E-state index contributed by atoms with van der Waals surface area (Å²) in [5.74, 6) is 1.20. The zero-order valence-corrected chi connectivity index (χ0v) is 11.2. The van der Waals surface area contributed by atoms with Gasteiger partial charge in [0.1, 0.15) is 0 Å². The van der Waals surface area contributed by atoms with Gasteiger partial charge in [-0.2, -0.15) is 4.98 Å². The first-order valence-corrected chi connectivity index (χ1v) is 6.64. The molecule has 6 heteroatoms. The van der Waals surface area contributed by atoms with E-state index in [9.17, 15) is 4.39 Å². The van der Waals surface area contributed by atoms with Gasteiger partial charge in [-0.05, 0) is 37.5 Å². The molecule has 106 valence electrons. The van der Waals surface area contributed by atoms with Gasteiger partial charge >= 0.3 is 0 Å². The van der Waals surface area contributed by atoms with Crippen LogP contribution in [0.2, 0.25) is 0 Å². The minimum Gasteiger partial charge on any atom is -0.482 e. The monoisotopic (exact) mass is 277 g/mol. The average molecular weight is 277 g/mol. The Kier molecular flexibility index (Phi) is 3.40. The van der Waals surface area contributed by atoms with Crippen molar-refractivity contribution in [2.24, 2.45) is 5.73 Å². The van der Waals surface area contributed by atoms with Gasteiger partial charge in [0.05, 0.1) is 0 Å². The summed E-state index contributed by atoms with van der Waals surface area (Å²) in [6.45, 7) is 1.89. The zero-order valence-electron chi connectivity index (χ0n) is 11.2. The Bertz CT molecular complexity index is 608. The molecule has 1 heterocycles. The van der Waals surface area contributed by atoms with E-state index in [4.69, 9.17) is 15.0 Å². The van der Waals surface area contributed by atoms with Gasteiger partial charge in [0.15, 0.2) is 18.2 Å². The molecule has 1 aromatic heterocycles. The summed E-state index contributed by atoms with van der Waals surface area (Å²) in [7, 11) is 0. The third kappa shape index (κ3) is 2.80. The van der Waals surface area contributed by atoms with Crippen molar-refractivity contribution in [3.8, 4) is 5.75 Å². The topological polar surface area (TPSA) is 74.2 Å². The lowest BCUT2D eigenvalue weighted by molar-refractivity contribution is 0.272. The number of benzene rings is 1. The van der Waals surface area contributed by atoms with Crippen LogP contribution in [0.5, 0.6) is 5.75 Å². The molecule has 0 radical (unpaired) electrons. The number of ether oxygens (including phenoxy) is 1. The first-order chi connectivity index (χ1) is 9.63. The predicted octanol–water partition coefficient (Wildman–Crippen LogP) is 2.68. The van der Waals surface area contributed by atoms with Crippen LogP contribution in [-0.2, 0) is 6.61 Å². The summed E-state index contributed by atoms with van der Waals surface area (Å²) in [6, 6.07) is 4.48. The third-order valence-corrected chi connectivity index (χ3v) is 3.25. The highest BCUT2D eigenvalue weighted by atomic mass is 19.1. The van der Waals surface area contributed by atoms with Crippen LogP contribution < -0.4 is 10.5 Å². The minimum absolute atomic E-state index is 0.0880. The standard InChI is InChI=1S/C14H16FN3O2/c1-8(16)10-4-5-12(11(15)6-10)19-7-13-17-14(20-18-13)9-2-3-9/h4-6,8-9H,2-3,7,16H2,1H3/t8-/m0/s1. The van der Waals surface area contributed by atoms with Crippen molar-refractivity contribution in [1.29, 1.82) is 0 Å². The molecule has 0 unspecified atom stereocenters. The summed E-state index contributed by atoms with van der Waals surface area (Å²) < 4.78 is 24.3. The minimum atomic E-state index is -0.439. The molecule has 5 nitrogen and oxygen atoms in total. The lowest BCUT2D eigenvalue weighted by atomic mass is 10.1. The van der Waals surface area contributed by atoms with Gasteiger partial charge in [-0.3, -0.25) is 0 Å². The van der Waals surface area contributed by atoms with Gasteiger partial charge in [0, 0.05) is 12.0 Å². The molecule has 1 saturated carbocycles. The van der Waals surface area contributed by atoms with Gasteiger partial charge < -0.3 is 15.0 Å². The molecule has 0 spiro atoms. The van der Waals surface area contributed by atoms with E-state index >= 15 is 0 Å². The number of nitrogens with zero attached hydrogens (tertiary/aromatic N) is 2. The molecule has 0 aliphatic heterocycles. The third-order valence-electron chi connectivity index (χ3n) is 3.25. The van der Waals surface area contributed by atoms with Gasteiger partial charge in [0.2, 0.25) is 11.7 Å². The molecule has 0 amide bonds. The van der Waals surface area contributed by atoms with Crippen molar-refractivity contribution >= 4 is 0 Å². The van der Waals surface area contributed by atoms with E-state index in [1.165, 1.54) is 6.07 Å². The van der Waals surface area contributed by atoms with Gasteiger partial charge in [-0.15, -0.1) is 0 Å². The summed E-state index contributed by atoms with van der Waals surface area (Å²) in [5, 5.41) is 3.81. The van der Waals surface area contributed by atoms with E-state index in [0.29, 0.717) is 17.6 Å². The molecular weight excluding hydrogens is 261 g/mol. The van der Waals surface area contributed by atoms with E-state index in [0.717, 1.165) is 18.4 Å². The maximum absolute atomic E-state index is 13.8. The van der Waals surface area contributed by atoms with Crippen molar-refractivity contribution in [1.82, 2.24) is 10.1 Å². The van der Waals surface area contributed by atoms with E-state index in [1.807, 2.05) is 0 Å². The number of hydrogen-bond acceptors (Lipinski definition) is 5. The van der Waals surface area contributed by atoms with Crippen molar-refractivity contribution in [3.63, 3.8) is 0 Å². The predicted molar refractivity (Wildman–Crippen MR) is 69.6 cm³/mol. The second-order valence-corrected chi connectivity index (χ2v) is 5.09. The molecule has 3 rings (SSSR count). The Labute approximate surface area is 115 Å². The Morgan fingerprint density at radius 3 is 2.95 bits per heavy atom. The summed E-state index contributed by atoms with van der Waals surface area (Å²) in [5.41, 5.74) is 6.42. The maximum atomic E-state index is 13.8. The van der Waals surface area contributed by atoms with Crippen LogP contribution in [0.4, 0.5) is 4.39 Å². The van der Waals surface area contributed by atoms with E-state index < -0.39 is 5.82 Å². The number of rotatable bonds is 5. The van der Waals surface area contributed by atoms with Crippen LogP contribution in [0.1, 0.15) is 49.0 Å². The molecular formula is C14H16FN3O2. The molecule has 1 aromatic carbocycles. The molecule has 1 aliphatic carbocycles. The molecule has 1 fully saturated rings. The number of aromatic nitrogens is 2. The van der Waals surface area contributed by atoms with Crippen molar-refractivity contribution in [2.45, 2.75) is 38.3 Å². The first-order valence-electron chi connectivity index (χ1n) is 6.64. The largest absolute Gasteiger partial charge is 0.482 e. The highest BCUT2D eigenvalue weighted by Crippen LogP contribution is 2.38. The Morgan fingerprint density at radius 1 is 1.50 bits per heavy atom. The van der Waals surface area contributed by atoms with Crippen LogP contribution in [-0.4, -0.2) is 10.1 Å². The normalized spacial score (nSPS) is 16.1.